The minimum Gasteiger partial charge on any atom is -0.481 e. The van der Waals surface area contributed by atoms with Gasteiger partial charge >= 0.3 is 6.18 Å². The molecular formula is C12H12F3N5O. The van der Waals surface area contributed by atoms with Crippen molar-refractivity contribution in [2.75, 3.05) is 18.2 Å². The Morgan fingerprint density at radius 3 is 2.62 bits per heavy atom. The van der Waals surface area contributed by atoms with Crippen molar-refractivity contribution in [3.05, 3.63) is 35.7 Å². The maximum absolute atomic E-state index is 12.6. The number of alkyl halides is 3. The summed E-state index contributed by atoms with van der Waals surface area (Å²) in [6, 6.07) is 4.17. The van der Waals surface area contributed by atoms with E-state index in [9.17, 15) is 13.2 Å². The van der Waals surface area contributed by atoms with Gasteiger partial charge in [0.1, 0.15) is 5.82 Å². The van der Waals surface area contributed by atoms with Crippen molar-refractivity contribution in [3.63, 3.8) is 0 Å². The van der Waals surface area contributed by atoms with Gasteiger partial charge in [-0.1, -0.05) is 6.07 Å². The predicted molar refractivity (Wildman–Crippen MR) is 69.6 cm³/mol. The number of anilines is 2. The average molecular weight is 299 g/mol. The summed E-state index contributed by atoms with van der Waals surface area (Å²) in [6.45, 7) is 0.241. The van der Waals surface area contributed by atoms with Crippen LogP contribution in [-0.2, 0) is 12.7 Å². The molecule has 0 saturated heterocycles. The molecule has 21 heavy (non-hydrogen) atoms. The van der Waals surface area contributed by atoms with Gasteiger partial charge in [0.05, 0.1) is 7.11 Å². The van der Waals surface area contributed by atoms with Gasteiger partial charge in [-0.05, 0) is 5.56 Å². The lowest BCUT2D eigenvalue weighted by molar-refractivity contribution is -0.141. The van der Waals surface area contributed by atoms with Crippen LogP contribution < -0.4 is 15.8 Å². The fourth-order valence-electron chi connectivity index (χ4n) is 1.53. The molecule has 9 heteroatoms. The van der Waals surface area contributed by atoms with Crippen molar-refractivity contribution in [3.8, 4) is 5.88 Å². The second-order valence-electron chi connectivity index (χ2n) is 4.06. The summed E-state index contributed by atoms with van der Waals surface area (Å²) < 4.78 is 42.7. The molecule has 2 aromatic rings. The van der Waals surface area contributed by atoms with E-state index in [0.29, 0.717) is 5.88 Å². The van der Waals surface area contributed by atoms with Gasteiger partial charge in [0.15, 0.2) is 5.69 Å². The Bertz CT molecular complexity index is 615. The Balaban J connectivity index is 2.10. The number of rotatable bonds is 4. The topological polar surface area (TPSA) is 86.0 Å². The maximum Gasteiger partial charge on any atom is 0.433 e. The average Bonchev–Trinajstić information content (AvgIpc) is 2.44. The molecule has 0 aliphatic carbocycles. The molecule has 2 aromatic heterocycles. The number of nitrogens with zero attached hydrogens (tertiary/aromatic N) is 3. The molecular weight excluding hydrogens is 287 g/mol. The highest BCUT2D eigenvalue weighted by Crippen LogP contribution is 2.29. The van der Waals surface area contributed by atoms with E-state index in [-0.39, 0.29) is 12.4 Å². The third kappa shape index (κ3) is 3.94. The number of nitrogen functional groups attached to an aromatic ring is 1. The third-order valence-electron chi connectivity index (χ3n) is 2.51. The van der Waals surface area contributed by atoms with Gasteiger partial charge in [0, 0.05) is 24.9 Å². The van der Waals surface area contributed by atoms with Crippen molar-refractivity contribution in [1.82, 2.24) is 15.0 Å². The van der Waals surface area contributed by atoms with Gasteiger partial charge < -0.3 is 15.8 Å². The zero-order valence-corrected chi connectivity index (χ0v) is 11.0. The Morgan fingerprint density at radius 2 is 2.05 bits per heavy atom. The number of hydrogen-bond acceptors (Lipinski definition) is 6. The van der Waals surface area contributed by atoms with Crippen molar-refractivity contribution in [2.24, 2.45) is 0 Å². The molecule has 0 radical (unpaired) electrons. The van der Waals surface area contributed by atoms with Crippen LogP contribution in [0.2, 0.25) is 0 Å². The summed E-state index contributed by atoms with van der Waals surface area (Å²) in [7, 11) is 1.49. The van der Waals surface area contributed by atoms with Gasteiger partial charge in [-0.3, -0.25) is 0 Å². The molecule has 0 spiro atoms. The smallest absolute Gasteiger partial charge is 0.433 e. The SMILES string of the molecule is COc1ccc(CNc2cc(C(F)(F)F)nc(N)n2)cn1. The van der Waals surface area contributed by atoms with E-state index in [1.807, 2.05) is 0 Å². The largest absolute Gasteiger partial charge is 0.481 e. The second-order valence-corrected chi connectivity index (χ2v) is 4.06. The first-order valence-electron chi connectivity index (χ1n) is 5.83. The van der Waals surface area contributed by atoms with Gasteiger partial charge in [-0.2, -0.15) is 18.2 Å². The zero-order valence-electron chi connectivity index (χ0n) is 11.0. The summed E-state index contributed by atoms with van der Waals surface area (Å²) in [6.07, 6.45) is -3.03. The first kappa shape index (κ1) is 14.8. The van der Waals surface area contributed by atoms with E-state index in [1.165, 1.54) is 7.11 Å². The Morgan fingerprint density at radius 1 is 1.29 bits per heavy atom. The monoisotopic (exact) mass is 299 g/mol. The molecule has 0 aromatic carbocycles. The molecule has 0 saturated carbocycles. The summed E-state index contributed by atoms with van der Waals surface area (Å²) in [5, 5.41) is 2.74. The van der Waals surface area contributed by atoms with Crippen LogP contribution in [0.1, 0.15) is 11.3 Å². The van der Waals surface area contributed by atoms with E-state index in [0.717, 1.165) is 11.6 Å². The Labute approximate surface area is 118 Å². The first-order valence-corrected chi connectivity index (χ1v) is 5.83. The number of nitrogens with one attached hydrogen (secondary N) is 1. The van der Waals surface area contributed by atoms with Crippen molar-refractivity contribution >= 4 is 11.8 Å². The number of hydrogen-bond donors (Lipinski definition) is 2. The number of aromatic nitrogens is 3. The van der Waals surface area contributed by atoms with Gasteiger partial charge in [-0.25, -0.2) is 9.97 Å². The van der Waals surface area contributed by atoms with E-state index in [1.54, 1.807) is 18.3 Å². The van der Waals surface area contributed by atoms with Crippen LogP contribution >= 0.6 is 0 Å². The predicted octanol–water partition coefficient (Wildman–Crippen LogP) is 2.09. The molecule has 0 aliphatic rings. The third-order valence-corrected chi connectivity index (χ3v) is 2.51. The number of halogens is 3. The second kappa shape index (κ2) is 5.81. The molecule has 0 fully saturated rings. The Kier molecular flexibility index (Phi) is 4.10. The zero-order chi connectivity index (χ0) is 15.5. The normalized spacial score (nSPS) is 11.2. The minimum atomic E-state index is -4.57. The van der Waals surface area contributed by atoms with Crippen LogP contribution in [0.15, 0.2) is 24.4 Å². The van der Waals surface area contributed by atoms with E-state index < -0.39 is 17.8 Å². The standard InChI is InChI=1S/C12H12F3N5O/c1-21-10-3-2-7(6-18-10)5-17-9-4-8(12(13,14)15)19-11(16)20-9/h2-4,6H,5H2,1H3,(H3,16,17,19,20). The fourth-order valence-corrected chi connectivity index (χ4v) is 1.53. The molecule has 0 unspecified atom stereocenters. The molecule has 3 N–H and O–H groups in total. The lowest BCUT2D eigenvalue weighted by Gasteiger charge is -2.10. The summed E-state index contributed by atoms with van der Waals surface area (Å²) in [4.78, 5) is 10.8. The van der Waals surface area contributed by atoms with E-state index in [2.05, 4.69) is 20.3 Å². The van der Waals surface area contributed by atoms with Crippen LogP contribution in [0.4, 0.5) is 24.9 Å². The van der Waals surface area contributed by atoms with E-state index in [4.69, 9.17) is 10.5 Å². The first-order chi connectivity index (χ1) is 9.88. The minimum absolute atomic E-state index is 0.00866. The number of ether oxygens (including phenoxy) is 1. The Hall–Kier alpha value is -2.58. The molecule has 112 valence electrons. The van der Waals surface area contributed by atoms with Crippen LogP contribution in [0.5, 0.6) is 5.88 Å². The molecule has 0 amide bonds. The number of nitrogens with two attached hydrogens (primary N) is 1. The fraction of sp³-hybridized carbons (Fsp3) is 0.250. The van der Waals surface area contributed by atoms with Gasteiger partial charge in [-0.15, -0.1) is 0 Å². The summed E-state index contributed by atoms with van der Waals surface area (Å²) >= 11 is 0. The highest BCUT2D eigenvalue weighted by atomic mass is 19.4. The highest BCUT2D eigenvalue weighted by Gasteiger charge is 2.33. The lowest BCUT2D eigenvalue weighted by atomic mass is 10.3. The van der Waals surface area contributed by atoms with Crippen LogP contribution in [0.25, 0.3) is 0 Å². The molecule has 6 nitrogen and oxygen atoms in total. The van der Waals surface area contributed by atoms with E-state index >= 15 is 0 Å². The van der Waals surface area contributed by atoms with Crippen molar-refractivity contribution in [2.45, 2.75) is 12.7 Å². The lowest BCUT2D eigenvalue weighted by Crippen LogP contribution is -2.13. The summed E-state index contributed by atoms with van der Waals surface area (Å²) in [5.41, 5.74) is 4.93. The van der Waals surface area contributed by atoms with Gasteiger partial charge in [0.25, 0.3) is 0 Å². The van der Waals surface area contributed by atoms with Crippen LogP contribution in [0.3, 0.4) is 0 Å². The molecule has 0 bridgehead atoms. The summed E-state index contributed by atoms with van der Waals surface area (Å²) in [5.74, 6) is -0.00443. The van der Waals surface area contributed by atoms with Crippen LogP contribution in [-0.4, -0.2) is 22.1 Å². The quantitative estimate of drug-likeness (QED) is 0.899. The van der Waals surface area contributed by atoms with Crippen molar-refractivity contribution < 1.29 is 17.9 Å². The maximum atomic E-state index is 12.6. The van der Waals surface area contributed by atoms with Crippen molar-refractivity contribution in [1.29, 1.82) is 0 Å². The number of pyridine rings is 1. The molecule has 2 heterocycles. The van der Waals surface area contributed by atoms with Crippen LogP contribution in [0, 0.1) is 0 Å². The molecule has 0 aliphatic heterocycles. The molecule has 2 rings (SSSR count). The highest BCUT2D eigenvalue weighted by molar-refractivity contribution is 5.41. The van der Waals surface area contributed by atoms with Gasteiger partial charge in [0.2, 0.25) is 11.8 Å². The molecule has 0 atom stereocenters. The number of methoxy groups -OCH3 is 1.